The van der Waals surface area contributed by atoms with E-state index in [0.717, 1.165) is 6.42 Å². The molecule has 0 fully saturated rings. The fraction of sp³-hybridized carbons (Fsp3) is 0.545. The molecule has 0 aromatic carbocycles. The first kappa shape index (κ1) is 13.9. The summed E-state index contributed by atoms with van der Waals surface area (Å²) in [5.74, 6) is 1.04. The second kappa shape index (κ2) is 6.52. The maximum atomic E-state index is 11.7. The summed E-state index contributed by atoms with van der Waals surface area (Å²) in [5, 5.41) is 0. The van der Waals surface area contributed by atoms with Crippen molar-refractivity contribution in [3.63, 3.8) is 0 Å². The van der Waals surface area contributed by atoms with Crippen molar-refractivity contribution in [3.8, 4) is 0 Å². The standard InChI is InChI=1S/C11H15ClO2S2/c1-3-8(2)6-16(14)7-9(13)10-4-5-11(12)15-10/h4-5,8H,3,6-7H2,1-2H3. The van der Waals surface area contributed by atoms with Gasteiger partial charge in [0, 0.05) is 16.6 Å². The largest absolute Gasteiger partial charge is 0.292 e. The molecule has 1 aromatic rings. The molecule has 1 rings (SSSR count). The fourth-order valence-corrected chi connectivity index (χ4v) is 3.68. The molecule has 2 unspecified atom stereocenters. The molecule has 0 N–H and O–H groups in total. The first-order valence-corrected chi connectivity index (χ1v) is 7.84. The Morgan fingerprint density at radius 1 is 1.56 bits per heavy atom. The molecule has 0 bridgehead atoms. The van der Waals surface area contributed by atoms with Crippen LogP contribution in [0.3, 0.4) is 0 Å². The Balaban J connectivity index is 2.49. The molecule has 90 valence electrons. The Morgan fingerprint density at radius 2 is 2.25 bits per heavy atom. The number of hydrogen-bond acceptors (Lipinski definition) is 3. The van der Waals surface area contributed by atoms with E-state index in [-0.39, 0.29) is 11.5 Å². The van der Waals surface area contributed by atoms with E-state index in [2.05, 4.69) is 6.92 Å². The molecule has 0 saturated heterocycles. The van der Waals surface area contributed by atoms with Gasteiger partial charge >= 0.3 is 0 Å². The first-order chi connectivity index (χ1) is 7.52. The van der Waals surface area contributed by atoms with Gasteiger partial charge in [-0.25, -0.2) is 0 Å². The number of rotatable bonds is 6. The molecule has 1 heterocycles. The van der Waals surface area contributed by atoms with Crippen molar-refractivity contribution in [2.75, 3.05) is 11.5 Å². The molecule has 0 aliphatic heterocycles. The Kier molecular flexibility index (Phi) is 5.66. The number of halogens is 1. The van der Waals surface area contributed by atoms with Crippen molar-refractivity contribution in [2.45, 2.75) is 20.3 Å². The Hall–Kier alpha value is -0.190. The zero-order valence-corrected chi connectivity index (χ0v) is 11.8. The smallest absolute Gasteiger partial charge is 0.185 e. The Morgan fingerprint density at radius 3 is 2.75 bits per heavy atom. The highest BCUT2D eigenvalue weighted by atomic mass is 35.5. The lowest BCUT2D eigenvalue weighted by molar-refractivity contribution is 0.102. The molecule has 0 aliphatic rings. The summed E-state index contributed by atoms with van der Waals surface area (Å²) in [4.78, 5) is 12.3. The summed E-state index contributed by atoms with van der Waals surface area (Å²) in [6, 6.07) is 3.38. The van der Waals surface area contributed by atoms with Crippen LogP contribution in [0.4, 0.5) is 0 Å². The fourth-order valence-electron chi connectivity index (χ4n) is 1.18. The van der Waals surface area contributed by atoms with Gasteiger partial charge in [0.25, 0.3) is 0 Å². The van der Waals surface area contributed by atoms with Crippen molar-refractivity contribution in [1.82, 2.24) is 0 Å². The van der Waals surface area contributed by atoms with Crippen LogP contribution < -0.4 is 0 Å². The van der Waals surface area contributed by atoms with Gasteiger partial charge in [0.15, 0.2) is 5.78 Å². The average molecular weight is 279 g/mol. The number of Topliss-reactive ketones (excluding diaryl/α,β-unsaturated/α-hetero) is 1. The van der Waals surface area contributed by atoms with E-state index in [1.54, 1.807) is 12.1 Å². The molecule has 0 radical (unpaired) electrons. The van der Waals surface area contributed by atoms with Gasteiger partial charge < -0.3 is 0 Å². The molecule has 0 amide bonds. The molecule has 2 atom stereocenters. The maximum absolute atomic E-state index is 11.7. The minimum absolute atomic E-state index is 0.0708. The summed E-state index contributed by atoms with van der Waals surface area (Å²) < 4.78 is 12.3. The van der Waals surface area contributed by atoms with Crippen LogP contribution in [0, 0.1) is 5.92 Å². The molecule has 1 aromatic heterocycles. The highest BCUT2D eigenvalue weighted by Crippen LogP contribution is 2.22. The van der Waals surface area contributed by atoms with Gasteiger partial charge in [-0.3, -0.25) is 9.00 Å². The van der Waals surface area contributed by atoms with E-state index in [9.17, 15) is 9.00 Å². The Bertz CT molecular complexity index is 387. The van der Waals surface area contributed by atoms with E-state index < -0.39 is 10.8 Å². The topological polar surface area (TPSA) is 34.1 Å². The summed E-state index contributed by atoms with van der Waals surface area (Å²) in [6.45, 7) is 4.10. The minimum Gasteiger partial charge on any atom is -0.292 e. The third kappa shape index (κ3) is 4.36. The number of carbonyl (C=O) groups excluding carboxylic acids is 1. The number of carbonyl (C=O) groups is 1. The van der Waals surface area contributed by atoms with E-state index in [1.165, 1.54) is 11.3 Å². The highest BCUT2D eigenvalue weighted by molar-refractivity contribution is 7.85. The van der Waals surface area contributed by atoms with Crippen LogP contribution in [0.1, 0.15) is 29.9 Å². The molecule has 0 aliphatic carbocycles. The summed E-state index contributed by atoms with van der Waals surface area (Å²) in [6.07, 6.45) is 0.991. The van der Waals surface area contributed by atoms with Gasteiger partial charge in [-0.1, -0.05) is 31.9 Å². The zero-order valence-electron chi connectivity index (χ0n) is 9.36. The third-order valence-electron chi connectivity index (χ3n) is 2.31. The molecule has 16 heavy (non-hydrogen) atoms. The van der Waals surface area contributed by atoms with Crippen LogP contribution in [0.25, 0.3) is 0 Å². The summed E-state index contributed by atoms with van der Waals surface area (Å²) in [5.41, 5.74) is 0. The Labute approximate surface area is 107 Å². The first-order valence-electron chi connectivity index (χ1n) is 5.16. The van der Waals surface area contributed by atoms with Crippen LogP contribution in [0.15, 0.2) is 12.1 Å². The van der Waals surface area contributed by atoms with Gasteiger partial charge in [-0.05, 0) is 18.1 Å². The van der Waals surface area contributed by atoms with Crippen LogP contribution in [-0.2, 0) is 10.8 Å². The lowest BCUT2D eigenvalue weighted by Gasteiger charge is -2.06. The second-order valence-corrected chi connectivity index (χ2v) is 7.01. The van der Waals surface area contributed by atoms with Crippen LogP contribution in [0.5, 0.6) is 0 Å². The van der Waals surface area contributed by atoms with Crippen molar-refractivity contribution in [1.29, 1.82) is 0 Å². The molecule has 0 spiro atoms. The van der Waals surface area contributed by atoms with Gasteiger partial charge in [0.05, 0.1) is 15.0 Å². The van der Waals surface area contributed by atoms with Crippen LogP contribution in [0.2, 0.25) is 4.34 Å². The minimum atomic E-state index is -1.06. The van der Waals surface area contributed by atoms with Crippen LogP contribution in [-0.4, -0.2) is 21.5 Å². The zero-order chi connectivity index (χ0) is 12.1. The monoisotopic (exact) mass is 278 g/mol. The third-order valence-corrected chi connectivity index (χ3v) is 5.10. The van der Waals surface area contributed by atoms with Crippen molar-refractivity contribution >= 4 is 39.5 Å². The van der Waals surface area contributed by atoms with Gasteiger partial charge in [-0.2, -0.15) is 0 Å². The molecular weight excluding hydrogens is 264 g/mol. The SMILES string of the molecule is CCC(C)CS(=O)CC(=O)c1ccc(Cl)s1. The lowest BCUT2D eigenvalue weighted by Crippen LogP contribution is -2.16. The predicted molar refractivity (Wildman–Crippen MR) is 71.0 cm³/mol. The van der Waals surface area contributed by atoms with E-state index >= 15 is 0 Å². The van der Waals surface area contributed by atoms with Gasteiger partial charge in [0.1, 0.15) is 0 Å². The highest BCUT2D eigenvalue weighted by Gasteiger charge is 2.14. The maximum Gasteiger partial charge on any atom is 0.185 e. The normalized spacial score (nSPS) is 14.7. The van der Waals surface area contributed by atoms with Crippen molar-refractivity contribution in [2.24, 2.45) is 5.92 Å². The van der Waals surface area contributed by atoms with E-state index in [4.69, 9.17) is 11.6 Å². The van der Waals surface area contributed by atoms with Crippen molar-refractivity contribution < 1.29 is 9.00 Å². The van der Waals surface area contributed by atoms with Crippen LogP contribution >= 0.6 is 22.9 Å². The van der Waals surface area contributed by atoms with E-state index in [1.807, 2.05) is 6.92 Å². The molecule has 2 nitrogen and oxygen atoms in total. The lowest BCUT2D eigenvalue weighted by atomic mass is 10.2. The average Bonchev–Trinajstić information content (AvgIpc) is 2.64. The predicted octanol–water partition coefficient (Wildman–Crippen LogP) is 3.38. The summed E-state index contributed by atoms with van der Waals surface area (Å²) in [7, 11) is -1.06. The number of hydrogen-bond donors (Lipinski definition) is 0. The van der Waals surface area contributed by atoms with Gasteiger partial charge in [0.2, 0.25) is 0 Å². The molecule has 0 saturated carbocycles. The molecule has 5 heteroatoms. The summed E-state index contributed by atoms with van der Waals surface area (Å²) >= 11 is 6.98. The number of thiophene rings is 1. The van der Waals surface area contributed by atoms with Crippen molar-refractivity contribution in [3.05, 3.63) is 21.3 Å². The number of ketones is 1. The molecular formula is C11H15ClO2S2. The second-order valence-electron chi connectivity index (χ2n) is 3.79. The quantitative estimate of drug-likeness (QED) is 0.748. The van der Waals surface area contributed by atoms with E-state index in [0.29, 0.717) is 20.9 Å². The van der Waals surface area contributed by atoms with Gasteiger partial charge in [-0.15, -0.1) is 11.3 Å².